The van der Waals surface area contributed by atoms with E-state index in [2.05, 4.69) is 22.0 Å². The van der Waals surface area contributed by atoms with Crippen molar-refractivity contribution in [1.29, 1.82) is 0 Å². The molecule has 3 aromatic rings. The van der Waals surface area contributed by atoms with Crippen LogP contribution in [0, 0.1) is 5.82 Å². The highest BCUT2D eigenvalue weighted by molar-refractivity contribution is 7.98. The summed E-state index contributed by atoms with van der Waals surface area (Å²) in [7, 11) is 0. The predicted octanol–water partition coefficient (Wildman–Crippen LogP) is 6.03. The quantitative estimate of drug-likeness (QED) is 0.240. The van der Waals surface area contributed by atoms with E-state index in [-0.39, 0.29) is 22.8 Å². The van der Waals surface area contributed by atoms with Crippen LogP contribution in [0.25, 0.3) is 0 Å². The highest BCUT2D eigenvalue weighted by Gasteiger charge is 2.37. The molecule has 1 atom stereocenters. The van der Waals surface area contributed by atoms with Gasteiger partial charge in [0.25, 0.3) is 0 Å². The number of fused-ring (bicyclic) bond motifs is 1. The fraction of sp³-hybridized carbons (Fsp3) is 0.174. The third-order valence-electron chi connectivity index (χ3n) is 4.97. The molecule has 2 heterocycles. The Kier molecular flexibility index (Phi) is 7.07. The highest BCUT2D eigenvalue weighted by atomic mass is 35.5. The zero-order valence-electron chi connectivity index (χ0n) is 17.5. The van der Waals surface area contributed by atoms with E-state index in [1.807, 2.05) is 24.3 Å². The second-order valence-electron chi connectivity index (χ2n) is 7.13. The summed E-state index contributed by atoms with van der Waals surface area (Å²) in [5, 5.41) is 8.87. The van der Waals surface area contributed by atoms with Crippen molar-refractivity contribution in [2.24, 2.45) is 0 Å². The lowest BCUT2D eigenvalue weighted by molar-refractivity contribution is -0.138. The van der Waals surface area contributed by atoms with Crippen molar-refractivity contribution in [3.63, 3.8) is 0 Å². The maximum absolute atomic E-state index is 15.0. The number of nitrogens with one attached hydrogen (secondary N) is 1. The van der Waals surface area contributed by atoms with E-state index < -0.39 is 17.8 Å². The van der Waals surface area contributed by atoms with Gasteiger partial charge in [-0.2, -0.15) is 4.98 Å². The van der Waals surface area contributed by atoms with Crippen molar-refractivity contribution in [3.05, 3.63) is 93.4 Å². The second kappa shape index (κ2) is 9.99. The number of halogens is 3. The van der Waals surface area contributed by atoms with E-state index in [4.69, 9.17) is 27.9 Å². The largest absolute Gasteiger partial charge is 0.458 e. The van der Waals surface area contributed by atoms with Gasteiger partial charge in [0.1, 0.15) is 18.5 Å². The third kappa shape index (κ3) is 4.78. The molecule has 0 aliphatic carbocycles. The van der Waals surface area contributed by atoms with Gasteiger partial charge in [-0.3, -0.25) is 0 Å². The lowest BCUT2D eigenvalue weighted by Crippen LogP contribution is -2.30. The van der Waals surface area contributed by atoms with E-state index in [1.54, 1.807) is 13.0 Å². The van der Waals surface area contributed by atoms with Gasteiger partial charge in [0, 0.05) is 27.1 Å². The third-order valence-corrected chi connectivity index (χ3v) is 6.56. The van der Waals surface area contributed by atoms with Crippen LogP contribution in [-0.4, -0.2) is 27.3 Å². The molecule has 1 aliphatic rings. The molecule has 0 saturated carbocycles. The number of esters is 1. The first-order valence-electron chi connectivity index (χ1n) is 9.93. The van der Waals surface area contributed by atoms with Gasteiger partial charge in [-0.25, -0.2) is 13.9 Å². The second-order valence-corrected chi connectivity index (χ2v) is 8.89. The van der Waals surface area contributed by atoms with Gasteiger partial charge in [-0.05, 0) is 30.7 Å². The first kappa shape index (κ1) is 23.4. The molecule has 170 valence electrons. The smallest absolute Gasteiger partial charge is 0.338 e. The molecule has 0 bridgehead atoms. The molecule has 1 N–H and O–H groups in total. The number of hydrogen-bond donors (Lipinski definition) is 1. The number of ether oxygens (including phenoxy) is 1. The minimum atomic E-state index is -0.963. The zero-order valence-corrected chi connectivity index (χ0v) is 19.8. The molecular weight excluding hydrogens is 486 g/mol. The highest BCUT2D eigenvalue weighted by Crippen LogP contribution is 2.40. The average Bonchev–Trinajstić information content (AvgIpc) is 3.19. The van der Waals surface area contributed by atoms with Crippen LogP contribution in [0.4, 0.5) is 10.3 Å². The lowest BCUT2D eigenvalue weighted by Gasteiger charge is -2.28. The van der Waals surface area contributed by atoms with Crippen molar-refractivity contribution in [1.82, 2.24) is 14.8 Å². The van der Waals surface area contributed by atoms with Gasteiger partial charge < -0.3 is 10.1 Å². The van der Waals surface area contributed by atoms with E-state index in [0.29, 0.717) is 27.6 Å². The molecule has 4 rings (SSSR count). The standard InChI is InChI=1S/C23H19Cl2FN4O2S/c1-3-11-32-21(31)18-13(2)27-22-28-23(33-12-14-7-4-5-8-15(14)24)29-30(22)20(18)19-16(25)9-6-10-17(19)26/h3-10,20H,1,11-12H2,2H3,(H,27,28,29). The molecule has 2 aromatic carbocycles. The van der Waals surface area contributed by atoms with Crippen molar-refractivity contribution in [2.75, 3.05) is 11.9 Å². The fourth-order valence-corrected chi connectivity index (χ4v) is 4.85. The number of carbonyl (C=O) groups excluding carboxylic acids is 1. The molecule has 0 spiro atoms. The number of allylic oxidation sites excluding steroid dienone is 1. The summed E-state index contributed by atoms with van der Waals surface area (Å²) in [6.07, 6.45) is 1.46. The Bertz CT molecular complexity index is 1240. The first-order valence-corrected chi connectivity index (χ1v) is 11.7. The zero-order chi connectivity index (χ0) is 23.5. The van der Waals surface area contributed by atoms with Gasteiger partial charge >= 0.3 is 5.97 Å². The Morgan fingerprint density at radius 2 is 2.03 bits per heavy atom. The maximum atomic E-state index is 15.0. The number of hydrogen-bond acceptors (Lipinski definition) is 6. The Hall–Kier alpha value is -2.81. The summed E-state index contributed by atoms with van der Waals surface area (Å²) in [5.41, 5.74) is 1.70. The summed E-state index contributed by atoms with van der Waals surface area (Å²) in [5.74, 6) is -0.299. The van der Waals surface area contributed by atoms with Gasteiger partial charge in [-0.15, -0.1) is 5.10 Å². The van der Waals surface area contributed by atoms with Crippen molar-refractivity contribution in [3.8, 4) is 0 Å². The Morgan fingerprint density at radius 1 is 1.27 bits per heavy atom. The van der Waals surface area contributed by atoms with Crippen LogP contribution in [0.5, 0.6) is 0 Å². The van der Waals surface area contributed by atoms with Gasteiger partial charge in [-0.1, -0.05) is 71.9 Å². The Labute approximate surface area is 204 Å². The molecule has 0 amide bonds. The monoisotopic (exact) mass is 504 g/mol. The molecule has 1 unspecified atom stereocenters. The van der Waals surface area contributed by atoms with E-state index in [0.717, 1.165) is 5.56 Å². The number of carbonyl (C=O) groups is 1. The average molecular weight is 505 g/mol. The molecule has 6 nitrogen and oxygen atoms in total. The van der Waals surface area contributed by atoms with Crippen LogP contribution < -0.4 is 5.32 Å². The molecule has 1 aromatic heterocycles. The Morgan fingerprint density at radius 3 is 2.76 bits per heavy atom. The lowest BCUT2D eigenvalue weighted by atomic mass is 9.95. The number of aromatic nitrogens is 3. The van der Waals surface area contributed by atoms with Crippen LogP contribution in [0.3, 0.4) is 0 Å². The van der Waals surface area contributed by atoms with Crippen LogP contribution in [-0.2, 0) is 15.3 Å². The molecule has 0 fully saturated rings. The minimum Gasteiger partial charge on any atom is -0.458 e. The van der Waals surface area contributed by atoms with E-state index in [1.165, 1.54) is 34.7 Å². The van der Waals surface area contributed by atoms with Crippen molar-refractivity contribution in [2.45, 2.75) is 23.9 Å². The summed E-state index contributed by atoms with van der Waals surface area (Å²) in [6, 6.07) is 10.9. The molecule has 1 aliphatic heterocycles. The van der Waals surface area contributed by atoms with Crippen LogP contribution in [0.2, 0.25) is 10.0 Å². The minimum absolute atomic E-state index is 0.0104. The molecule has 0 radical (unpaired) electrons. The van der Waals surface area contributed by atoms with Gasteiger partial charge in [0.2, 0.25) is 11.1 Å². The number of thioether (sulfide) groups is 1. The normalized spacial score (nSPS) is 15.1. The molecular formula is C23H19Cl2FN4O2S. The fourth-order valence-electron chi connectivity index (χ4n) is 3.47. The summed E-state index contributed by atoms with van der Waals surface area (Å²) in [6.45, 7) is 5.27. The number of benzene rings is 2. The maximum Gasteiger partial charge on any atom is 0.338 e. The Balaban J connectivity index is 1.75. The van der Waals surface area contributed by atoms with Crippen LogP contribution in [0.1, 0.15) is 24.1 Å². The topological polar surface area (TPSA) is 69.0 Å². The van der Waals surface area contributed by atoms with Gasteiger partial charge in [0.05, 0.1) is 5.57 Å². The summed E-state index contributed by atoms with van der Waals surface area (Å²) < 4.78 is 21.7. The summed E-state index contributed by atoms with van der Waals surface area (Å²) >= 11 is 14.0. The number of anilines is 1. The number of nitrogens with zero attached hydrogens (tertiary/aromatic N) is 3. The molecule has 10 heteroatoms. The van der Waals surface area contributed by atoms with Gasteiger partial charge in [0.15, 0.2) is 0 Å². The molecule has 33 heavy (non-hydrogen) atoms. The number of rotatable bonds is 7. The van der Waals surface area contributed by atoms with Crippen molar-refractivity contribution >= 4 is 46.9 Å². The van der Waals surface area contributed by atoms with E-state index in [9.17, 15) is 9.18 Å². The van der Waals surface area contributed by atoms with E-state index >= 15 is 0 Å². The first-order chi connectivity index (χ1) is 15.9. The van der Waals surface area contributed by atoms with Crippen LogP contribution in [0.15, 0.2) is 71.5 Å². The predicted molar refractivity (Wildman–Crippen MR) is 128 cm³/mol. The van der Waals surface area contributed by atoms with Crippen molar-refractivity contribution < 1.29 is 13.9 Å². The SMILES string of the molecule is C=CCOC(=O)C1=C(C)Nc2nc(SCc3ccccc3Cl)nn2C1c1c(F)cccc1Cl. The van der Waals surface area contributed by atoms with Crippen LogP contribution >= 0.6 is 35.0 Å². The summed E-state index contributed by atoms with van der Waals surface area (Å²) in [4.78, 5) is 17.5. The molecule has 0 saturated heterocycles.